The molecular weight excluding hydrogens is 224 g/mol. The molecule has 0 spiro atoms. The van der Waals surface area contributed by atoms with Crippen molar-refractivity contribution in [3.63, 3.8) is 0 Å². The van der Waals surface area contributed by atoms with Crippen molar-refractivity contribution in [1.82, 2.24) is 9.62 Å². The molecule has 1 rings (SSSR count). The molecule has 1 aliphatic rings. The highest BCUT2D eigenvalue weighted by Crippen LogP contribution is 2.30. The third-order valence-corrected chi connectivity index (χ3v) is 4.65. The van der Waals surface area contributed by atoms with Gasteiger partial charge in [0.15, 0.2) is 0 Å². The highest BCUT2D eigenvalue weighted by Gasteiger charge is 2.29. The molecule has 0 aromatic heterocycles. The molecule has 0 aromatic carbocycles. The van der Waals surface area contributed by atoms with Crippen molar-refractivity contribution in [2.24, 2.45) is 5.92 Å². The summed E-state index contributed by atoms with van der Waals surface area (Å²) >= 11 is 0. The van der Waals surface area contributed by atoms with Gasteiger partial charge in [-0.2, -0.15) is 0 Å². The van der Waals surface area contributed by atoms with Crippen LogP contribution in [0.25, 0.3) is 0 Å². The van der Waals surface area contributed by atoms with E-state index in [1.165, 1.54) is 12.8 Å². The van der Waals surface area contributed by atoms with Crippen LogP contribution >= 0.6 is 0 Å². The van der Waals surface area contributed by atoms with Crippen LogP contribution in [-0.2, 0) is 10.0 Å². The molecule has 4 nitrogen and oxygen atoms in total. The van der Waals surface area contributed by atoms with Gasteiger partial charge in [-0.25, -0.2) is 12.7 Å². The van der Waals surface area contributed by atoms with Gasteiger partial charge in [0, 0.05) is 19.6 Å². The van der Waals surface area contributed by atoms with Crippen molar-refractivity contribution in [2.75, 3.05) is 31.9 Å². The molecule has 0 bridgehead atoms. The van der Waals surface area contributed by atoms with E-state index in [2.05, 4.69) is 5.32 Å². The standard InChI is InChI=1S/C11H24N2O2S/c1-3-8-13(10-11-5-6-11)16(14,15)9-7-12-4-2/h11-12H,3-10H2,1-2H3. The smallest absolute Gasteiger partial charge is 0.215 e. The predicted octanol–water partition coefficient (Wildman–Crippen LogP) is 1.05. The summed E-state index contributed by atoms with van der Waals surface area (Å²) < 4.78 is 25.8. The second-order valence-corrected chi connectivity index (χ2v) is 6.56. The van der Waals surface area contributed by atoms with Gasteiger partial charge in [-0.1, -0.05) is 13.8 Å². The maximum Gasteiger partial charge on any atom is 0.215 e. The minimum Gasteiger partial charge on any atom is -0.316 e. The quantitative estimate of drug-likeness (QED) is 0.620. The summed E-state index contributed by atoms with van der Waals surface area (Å²) in [5.41, 5.74) is 0. The van der Waals surface area contributed by atoms with Gasteiger partial charge >= 0.3 is 0 Å². The maximum absolute atomic E-state index is 12.0. The zero-order valence-electron chi connectivity index (χ0n) is 10.4. The van der Waals surface area contributed by atoms with Crippen molar-refractivity contribution in [2.45, 2.75) is 33.1 Å². The average molecular weight is 248 g/mol. The fraction of sp³-hybridized carbons (Fsp3) is 1.00. The van der Waals surface area contributed by atoms with Gasteiger partial charge in [0.2, 0.25) is 10.0 Å². The number of nitrogens with zero attached hydrogens (tertiary/aromatic N) is 1. The van der Waals surface area contributed by atoms with Gasteiger partial charge in [-0.05, 0) is 31.7 Å². The summed E-state index contributed by atoms with van der Waals surface area (Å²) in [4.78, 5) is 0. The van der Waals surface area contributed by atoms with Crippen molar-refractivity contribution < 1.29 is 8.42 Å². The summed E-state index contributed by atoms with van der Waals surface area (Å²) in [7, 11) is -3.04. The Morgan fingerprint density at radius 2 is 2.00 bits per heavy atom. The van der Waals surface area contributed by atoms with Gasteiger partial charge in [0.25, 0.3) is 0 Å². The van der Waals surface area contributed by atoms with E-state index in [0.717, 1.165) is 19.5 Å². The van der Waals surface area contributed by atoms with Crippen LogP contribution in [0.3, 0.4) is 0 Å². The van der Waals surface area contributed by atoms with E-state index in [1.807, 2.05) is 13.8 Å². The number of rotatable bonds is 9. The summed E-state index contributed by atoms with van der Waals surface area (Å²) in [5, 5.41) is 3.06. The van der Waals surface area contributed by atoms with Gasteiger partial charge in [-0.15, -0.1) is 0 Å². The largest absolute Gasteiger partial charge is 0.316 e. The Morgan fingerprint density at radius 3 is 2.50 bits per heavy atom. The first-order valence-electron chi connectivity index (χ1n) is 6.28. The molecule has 0 radical (unpaired) electrons. The molecule has 1 aliphatic carbocycles. The number of hydrogen-bond donors (Lipinski definition) is 1. The monoisotopic (exact) mass is 248 g/mol. The predicted molar refractivity (Wildman–Crippen MR) is 66.9 cm³/mol. The van der Waals surface area contributed by atoms with Crippen LogP contribution in [0, 0.1) is 5.92 Å². The molecule has 1 N–H and O–H groups in total. The van der Waals surface area contributed by atoms with Crippen LogP contribution in [0.15, 0.2) is 0 Å². The Kier molecular flexibility index (Phi) is 5.72. The molecule has 1 saturated carbocycles. The van der Waals surface area contributed by atoms with Crippen molar-refractivity contribution in [3.8, 4) is 0 Å². The topological polar surface area (TPSA) is 49.4 Å². The fourth-order valence-corrected chi connectivity index (χ4v) is 3.25. The minimum absolute atomic E-state index is 0.230. The molecule has 0 aliphatic heterocycles. The van der Waals surface area contributed by atoms with E-state index in [4.69, 9.17) is 0 Å². The Hall–Kier alpha value is -0.130. The lowest BCUT2D eigenvalue weighted by atomic mass is 10.4. The van der Waals surface area contributed by atoms with Crippen molar-refractivity contribution in [3.05, 3.63) is 0 Å². The van der Waals surface area contributed by atoms with Crippen LogP contribution in [0.2, 0.25) is 0 Å². The molecular formula is C11H24N2O2S. The molecule has 5 heteroatoms. The highest BCUT2D eigenvalue weighted by molar-refractivity contribution is 7.89. The second-order valence-electron chi connectivity index (χ2n) is 4.47. The molecule has 0 amide bonds. The lowest BCUT2D eigenvalue weighted by Crippen LogP contribution is -2.38. The summed E-state index contributed by atoms with van der Waals surface area (Å²) in [5.74, 6) is 0.855. The second kappa shape index (κ2) is 6.57. The van der Waals surface area contributed by atoms with Gasteiger partial charge < -0.3 is 5.32 Å². The summed E-state index contributed by atoms with van der Waals surface area (Å²) in [6, 6.07) is 0. The normalized spacial score (nSPS) is 16.9. The Labute approximate surface area is 99.5 Å². The van der Waals surface area contributed by atoms with Gasteiger partial charge in [-0.3, -0.25) is 0 Å². The lowest BCUT2D eigenvalue weighted by molar-refractivity contribution is 0.395. The van der Waals surface area contributed by atoms with E-state index in [1.54, 1.807) is 4.31 Å². The maximum atomic E-state index is 12.0. The first-order valence-corrected chi connectivity index (χ1v) is 7.89. The minimum atomic E-state index is -3.04. The fourth-order valence-electron chi connectivity index (χ4n) is 1.69. The van der Waals surface area contributed by atoms with E-state index in [-0.39, 0.29) is 5.75 Å². The Balaban J connectivity index is 2.45. The summed E-state index contributed by atoms with van der Waals surface area (Å²) in [6.45, 7) is 6.81. The summed E-state index contributed by atoms with van der Waals surface area (Å²) in [6.07, 6.45) is 3.29. The van der Waals surface area contributed by atoms with Crippen LogP contribution in [0.5, 0.6) is 0 Å². The Morgan fingerprint density at radius 1 is 1.31 bits per heavy atom. The van der Waals surface area contributed by atoms with E-state index in [0.29, 0.717) is 19.0 Å². The first kappa shape index (κ1) is 13.9. The van der Waals surface area contributed by atoms with E-state index < -0.39 is 10.0 Å². The van der Waals surface area contributed by atoms with Crippen LogP contribution in [0.4, 0.5) is 0 Å². The third kappa shape index (κ3) is 4.80. The molecule has 0 unspecified atom stereocenters. The number of nitrogens with one attached hydrogen (secondary N) is 1. The molecule has 0 heterocycles. The lowest BCUT2D eigenvalue weighted by Gasteiger charge is -2.21. The molecule has 1 fully saturated rings. The van der Waals surface area contributed by atoms with Crippen LogP contribution in [0.1, 0.15) is 33.1 Å². The average Bonchev–Trinajstić information content (AvgIpc) is 3.01. The van der Waals surface area contributed by atoms with Crippen LogP contribution in [-0.4, -0.2) is 44.7 Å². The van der Waals surface area contributed by atoms with E-state index >= 15 is 0 Å². The molecule has 96 valence electrons. The highest BCUT2D eigenvalue weighted by atomic mass is 32.2. The van der Waals surface area contributed by atoms with Gasteiger partial charge in [0.1, 0.15) is 0 Å². The molecule has 16 heavy (non-hydrogen) atoms. The van der Waals surface area contributed by atoms with Crippen molar-refractivity contribution >= 4 is 10.0 Å². The SMILES string of the molecule is CCCN(CC1CC1)S(=O)(=O)CCNCC. The third-order valence-electron chi connectivity index (χ3n) is 2.81. The zero-order chi connectivity index (χ0) is 12.0. The Bertz CT molecular complexity index is 286. The molecule has 0 saturated heterocycles. The van der Waals surface area contributed by atoms with Crippen LogP contribution < -0.4 is 5.32 Å². The zero-order valence-corrected chi connectivity index (χ0v) is 11.2. The number of sulfonamides is 1. The van der Waals surface area contributed by atoms with Crippen molar-refractivity contribution in [1.29, 1.82) is 0 Å². The first-order chi connectivity index (χ1) is 7.60. The van der Waals surface area contributed by atoms with Gasteiger partial charge in [0.05, 0.1) is 5.75 Å². The van der Waals surface area contributed by atoms with E-state index in [9.17, 15) is 8.42 Å². The molecule has 0 atom stereocenters. The number of hydrogen-bond acceptors (Lipinski definition) is 3. The molecule has 0 aromatic rings.